The molecule has 0 aromatic heterocycles. The Labute approximate surface area is 228 Å². The highest BCUT2D eigenvalue weighted by Crippen LogP contribution is 2.44. The fraction of sp³-hybridized carbons (Fsp3) is 0.296. The Hall–Kier alpha value is -3.28. The number of hydrogen-bond donors (Lipinski definition) is 0. The highest BCUT2D eigenvalue weighted by atomic mass is 35.5. The van der Waals surface area contributed by atoms with Crippen molar-refractivity contribution in [3.63, 3.8) is 0 Å². The molecule has 3 aromatic carbocycles. The average molecular weight is 581 g/mol. The average Bonchev–Trinajstić information content (AvgIpc) is 2.97. The number of halogens is 4. The van der Waals surface area contributed by atoms with Crippen LogP contribution in [0.2, 0.25) is 5.02 Å². The number of sulfonamides is 1. The second-order valence-corrected chi connectivity index (χ2v) is 11.7. The Balaban J connectivity index is 1.25. The minimum absolute atomic E-state index is 0.000819. The lowest BCUT2D eigenvalue weighted by atomic mass is 9.96. The summed E-state index contributed by atoms with van der Waals surface area (Å²) < 4.78 is 75.8. The van der Waals surface area contributed by atoms with Crippen molar-refractivity contribution in [3.8, 4) is 17.2 Å². The standard InChI is InChI=1S/C27H24ClF3N2O5S/c28-20-7-10-25-26(15-20)39(35,36)33(22-3-1-2-4-24(22)37-25)16-18-11-13-32(14-12-18)17-23(34)19-5-8-21(9-6-19)38-27(29,30)31/h1-10,15,18H,11-14,16-17H2. The van der Waals surface area contributed by atoms with Crippen molar-refractivity contribution >= 4 is 33.1 Å². The topological polar surface area (TPSA) is 76.2 Å². The van der Waals surface area contributed by atoms with Crippen molar-refractivity contribution < 1.29 is 35.9 Å². The van der Waals surface area contributed by atoms with Crippen molar-refractivity contribution in [1.82, 2.24) is 4.90 Å². The third kappa shape index (κ3) is 6.15. The summed E-state index contributed by atoms with van der Waals surface area (Å²) in [6.45, 7) is 1.48. The maximum atomic E-state index is 13.7. The van der Waals surface area contributed by atoms with Crippen LogP contribution in [0.3, 0.4) is 0 Å². The van der Waals surface area contributed by atoms with Crippen LogP contribution in [-0.4, -0.2) is 51.6 Å². The van der Waals surface area contributed by atoms with Gasteiger partial charge in [-0.15, -0.1) is 13.2 Å². The number of piperidine rings is 1. The van der Waals surface area contributed by atoms with Crippen LogP contribution in [-0.2, 0) is 10.0 Å². The summed E-state index contributed by atoms with van der Waals surface area (Å²) in [6, 6.07) is 16.3. The molecule has 206 valence electrons. The summed E-state index contributed by atoms with van der Waals surface area (Å²) >= 11 is 6.12. The first-order chi connectivity index (χ1) is 18.5. The first-order valence-corrected chi connectivity index (χ1v) is 14.0. The van der Waals surface area contributed by atoms with E-state index < -0.39 is 16.4 Å². The van der Waals surface area contributed by atoms with E-state index in [2.05, 4.69) is 4.74 Å². The zero-order chi connectivity index (χ0) is 27.8. The molecule has 0 saturated carbocycles. The van der Waals surface area contributed by atoms with Crippen LogP contribution in [0.4, 0.5) is 18.9 Å². The zero-order valence-electron chi connectivity index (χ0n) is 20.5. The molecule has 0 N–H and O–H groups in total. The van der Waals surface area contributed by atoms with Gasteiger partial charge in [0, 0.05) is 17.1 Å². The molecule has 1 fully saturated rings. The van der Waals surface area contributed by atoms with Gasteiger partial charge in [0.1, 0.15) is 16.4 Å². The Morgan fingerprint density at radius 2 is 1.69 bits per heavy atom. The van der Waals surface area contributed by atoms with E-state index in [-0.39, 0.29) is 51.8 Å². The zero-order valence-corrected chi connectivity index (χ0v) is 22.1. The number of ketones is 1. The van der Waals surface area contributed by atoms with Gasteiger partial charge in [-0.3, -0.25) is 14.0 Å². The Kier molecular flexibility index (Phi) is 7.49. The predicted molar refractivity (Wildman–Crippen MR) is 139 cm³/mol. The van der Waals surface area contributed by atoms with Crippen molar-refractivity contribution in [3.05, 3.63) is 77.3 Å². The number of alkyl halides is 3. The number of carbonyl (C=O) groups excluding carboxylic acids is 1. The molecule has 5 rings (SSSR count). The van der Waals surface area contributed by atoms with Crippen LogP contribution in [0.15, 0.2) is 71.6 Å². The number of rotatable bonds is 6. The summed E-state index contributed by atoms with van der Waals surface area (Å²) in [5, 5.41) is 0.285. The van der Waals surface area contributed by atoms with Crippen molar-refractivity contribution in [2.75, 3.05) is 30.5 Å². The Morgan fingerprint density at radius 3 is 2.38 bits per heavy atom. The number of fused-ring (bicyclic) bond motifs is 2. The summed E-state index contributed by atoms with van der Waals surface area (Å²) in [7, 11) is -3.96. The molecule has 2 heterocycles. The quantitative estimate of drug-likeness (QED) is 0.326. The highest BCUT2D eigenvalue weighted by Gasteiger charge is 2.36. The molecule has 0 bridgehead atoms. The third-order valence-electron chi connectivity index (χ3n) is 6.74. The number of likely N-dealkylation sites (tertiary alicyclic amines) is 1. The van der Waals surface area contributed by atoms with E-state index in [4.69, 9.17) is 16.3 Å². The number of Topliss-reactive ketones (excluding diaryl/α,β-unsaturated/α-hetero) is 1. The van der Waals surface area contributed by atoms with Gasteiger partial charge in [0.25, 0.3) is 10.0 Å². The normalized spacial score (nSPS) is 17.5. The minimum Gasteiger partial charge on any atom is -0.454 e. The van der Waals surface area contributed by atoms with E-state index in [1.54, 1.807) is 36.4 Å². The molecule has 0 amide bonds. The molecule has 7 nitrogen and oxygen atoms in total. The van der Waals surface area contributed by atoms with Crippen LogP contribution >= 0.6 is 11.6 Å². The monoisotopic (exact) mass is 580 g/mol. The highest BCUT2D eigenvalue weighted by molar-refractivity contribution is 7.93. The second-order valence-electron chi connectivity index (χ2n) is 9.41. The molecule has 1 saturated heterocycles. The maximum Gasteiger partial charge on any atom is 0.573 e. The van der Waals surface area contributed by atoms with Crippen LogP contribution in [0.25, 0.3) is 0 Å². The molecule has 0 aliphatic carbocycles. The van der Waals surface area contributed by atoms with Gasteiger partial charge in [0.2, 0.25) is 0 Å². The van der Waals surface area contributed by atoms with E-state index >= 15 is 0 Å². The lowest BCUT2D eigenvalue weighted by Gasteiger charge is -2.34. The van der Waals surface area contributed by atoms with Gasteiger partial charge in [-0.25, -0.2) is 8.42 Å². The van der Waals surface area contributed by atoms with E-state index in [1.807, 2.05) is 4.90 Å². The van der Waals surface area contributed by atoms with E-state index in [0.717, 1.165) is 12.1 Å². The number of anilines is 1. The molecule has 2 aliphatic heterocycles. The van der Waals surface area contributed by atoms with Crippen LogP contribution in [0.5, 0.6) is 17.2 Å². The van der Waals surface area contributed by atoms with Gasteiger partial charge in [0.05, 0.1) is 12.2 Å². The number of carbonyl (C=O) groups is 1. The SMILES string of the molecule is O=C(CN1CCC(CN2c3ccccc3Oc3ccc(Cl)cc3S2(=O)=O)CC1)c1ccc(OC(F)(F)F)cc1. The number of ether oxygens (including phenoxy) is 2. The van der Waals surface area contributed by atoms with Gasteiger partial charge in [0.15, 0.2) is 11.5 Å². The molecule has 0 atom stereocenters. The largest absolute Gasteiger partial charge is 0.573 e. The fourth-order valence-electron chi connectivity index (χ4n) is 4.78. The van der Waals surface area contributed by atoms with Gasteiger partial charge in [-0.1, -0.05) is 23.7 Å². The van der Waals surface area contributed by atoms with Crippen LogP contribution in [0.1, 0.15) is 23.2 Å². The molecule has 0 unspecified atom stereocenters. The first kappa shape index (κ1) is 27.3. The van der Waals surface area contributed by atoms with E-state index in [9.17, 15) is 26.4 Å². The Bertz CT molecular complexity index is 1470. The van der Waals surface area contributed by atoms with Gasteiger partial charge in [-0.2, -0.15) is 0 Å². The lowest BCUT2D eigenvalue weighted by molar-refractivity contribution is -0.274. The molecule has 12 heteroatoms. The van der Waals surface area contributed by atoms with Gasteiger partial charge >= 0.3 is 6.36 Å². The molecule has 39 heavy (non-hydrogen) atoms. The number of para-hydroxylation sites is 2. The predicted octanol–water partition coefficient (Wildman–Crippen LogP) is 6.13. The van der Waals surface area contributed by atoms with Crippen LogP contribution in [0, 0.1) is 5.92 Å². The summed E-state index contributed by atoms with van der Waals surface area (Å²) in [6.07, 6.45) is -3.49. The van der Waals surface area contributed by atoms with E-state index in [1.165, 1.54) is 22.5 Å². The number of hydrogen-bond acceptors (Lipinski definition) is 6. The molecule has 0 spiro atoms. The first-order valence-electron chi connectivity index (χ1n) is 12.2. The fourth-order valence-corrected chi connectivity index (χ4v) is 6.71. The number of benzene rings is 3. The molecular formula is C27H24ClF3N2O5S. The van der Waals surface area contributed by atoms with Gasteiger partial charge in [-0.05, 0) is 86.4 Å². The molecule has 0 radical (unpaired) electrons. The summed E-state index contributed by atoms with van der Waals surface area (Å²) in [4.78, 5) is 14.7. The van der Waals surface area contributed by atoms with Crippen LogP contribution < -0.4 is 13.8 Å². The third-order valence-corrected chi connectivity index (χ3v) is 8.77. The summed E-state index contributed by atoms with van der Waals surface area (Å²) in [5.41, 5.74) is 0.733. The van der Waals surface area contributed by atoms with Crippen molar-refractivity contribution in [1.29, 1.82) is 0 Å². The minimum atomic E-state index is -4.80. The molecule has 3 aromatic rings. The smallest absolute Gasteiger partial charge is 0.454 e. The van der Waals surface area contributed by atoms with Crippen molar-refractivity contribution in [2.45, 2.75) is 24.1 Å². The number of nitrogens with zero attached hydrogens (tertiary/aromatic N) is 2. The van der Waals surface area contributed by atoms with Crippen molar-refractivity contribution in [2.24, 2.45) is 5.92 Å². The Morgan fingerprint density at radius 1 is 1.00 bits per heavy atom. The van der Waals surface area contributed by atoms with E-state index in [0.29, 0.717) is 37.4 Å². The summed E-state index contributed by atoms with van der Waals surface area (Å²) in [5.74, 6) is 0.0538. The molecule has 2 aliphatic rings. The molecular weight excluding hydrogens is 557 g/mol. The maximum absolute atomic E-state index is 13.7. The lowest BCUT2D eigenvalue weighted by Crippen LogP contribution is -2.42. The second kappa shape index (κ2) is 10.7. The van der Waals surface area contributed by atoms with Gasteiger partial charge < -0.3 is 9.47 Å².